The summed E-state index contributed by atoms with van der Waals surface area (Å²) >= 11 is 0. The summed E-state index contributed by atoms with van der Waals surface area (Å²) in [6.07, 6.45) is 4.59. The van der Waals surface area contributed by atoms with E-state index in [0.29, 0.717) is 36.1 Å². The Morgan fingerprint density at radius 2 is 1.97 bits per heavy atom. The molecule has 4 heterocycles. The Balaban J connectivity index is 1.32. The van der Waals surface area contributed by atoms with Crippen LogP contribution >= 0.6 is 0 Å². The molecule has 1 aliphatic carbocycles. The lowest BCUT2D eigenvalue weighted by molar-refractivity contribution is -0.120. The number of hydrogen-bond acceptors (Lipinski definition) is 8. The average molecular weight is 506 g/mol. The Morgan fingerprint density at radius 3 is 2.79 bits per heavy atom. The number of piperazine rings is 1. The van der Waals surface area contributed by atoms with Gasteiger partial charge in [0.05, 0.1) is 23.9 Å². The first-order valence-corrected chi connectivity index (χ1v) is 12.3. The fraction of sp³-hybridized carbons (Fsp3) is 0.214. The maximum atomic E-state index is 12.6. The predicted octanol–water partition coefficient (Wildman–Crippen LogP) is 3.99. The van der Waals surface area contributed by atoms with E-state index in [4.69, 9.17) is 15.0 Å². The first-order valence-electron chi connectivity index (χ1n) is 12.3. The first kappa shape index (κ1) is 23.4. The number of nitrogens with one attached hydrogen (secondary N) is 2. The summed E-state index contributed by atoms with van der Waals surface area (Å²) in [6.45, 7) is 1.51. The largest absolute Gasteiger partial charge is 0.419 e. The van der Waals surface area contributed by atoms with Crippen LogP contribution < -0.4 is 20.3 Å². The topological polar surface area (TPSA) is 133 Å². The molecule has 2 N–H and O–H groups in total. The van der Waals surface area contributed by atoms with E-state index in [2.05, 4.69) is 26.7 Å². The highest BCUT2D eigenvalue weighted by atomic mass is 16.6. The molecule has 0 radical (unpaired) electrons. The molecule has 10 nitrogen and oxygen atoms in total. The molecule has 6 rings (SSSR count). The van der Waals surface area contributed by atoms with Crippen LogP contribution in [-0.4, -0.2) is 46.6 Å². The SMILES string of the molecule is N#Cc1ccnc(OC(=O)Nc2cc(C3CC3)cc(-c3ccc4ccnc(N5CCNC(=O)C5)c4c3)n2)c1. The lowest BCUT2D eigenvalue weighted by atomic mass is 10.0. The van der Waals surface area contributed by atoms with Crippen molar-refractivity contribution in [3.8, 4) is 23.2 Å². The number of aromatic nitrogens is 3. The van der Waals surface area contributed by atoms with Gasteiger partial charge >= 0.3 is 6.09 Å². The zero-order valence-electron chi connectivity index (χ0n) is 20.3. The third-order valence-electron chi connectivity index (χ3n) is 6.57. The van der Waals surface area contributed by atoms with Crippen molar-refractivity contribution in [2.45, 2.75) is 18.8 Å². The molecule has 188 valence electrons. The van der Waals surface area contributed by atoms with Crippen molar-refractivity contribution in [2.75, 3.05) is 29.9 Å². The second kappa shape index (κ2) is 9.78. The Morgan fingerprint density at radius 1 is 1.11 bits per heavy atom. The van der Waals surface area contributed by atoms with Gasteiger partial charge < -0.3 is 15.0 Å². The van der Waals surface area contributed by atoms with E-state index in [1.54, 1.807) is 6.20 Å². The van der Waals surface area contributed by atoms with E-state index < -0.39 is 6.09 Å². The summed E-state index contributed by atoms with van der Waals surface area (Å²) in [5.74, 6) is 1.55. The fourth-order valence-corrected chi connectivity index (χ4v) is 4.56. The molecule has 38 heavy (non-hydrogen) atoms. The third kappa shape index (κ3) is 4.95. The smallest absolute Gasteiger partial charge is 0.391 e. The summed E-state index contributed by atoms with van der Waals surface area (Å²) in [6, 6.07) is 16.8. The molecule has 1 saturated heterocycles. The highest BCUT2D eigenvalue weighted by Gasteiger charge is 2.26. The standard InChI is InChI=1S/C28H23N7O3/c29-15-17-5-7-31-26(11-17)38-28(37)34-24-14-21(18-1-2-18)13-23(33-24)20-4-3-19-6-8-32-27(22(19)12-20)35-10-9-30-25(36)16-35/h3-8,11-14,18H,1-2,9-10,16H2,(H,30,36)(H,33,34,37). The molecule has 0 bridgehead atoms. The molecule has 2 amide bonds. The highest BCUT2D eigenvalue weighted by molar-refractivity contribution is 5.97. The number of amides is 2. The number of nitriles is 1. The number of anilines is 2. The maximum absolute atomic E-state index is 12.6. The quantitative estimate of drug-likeness (QED) is 0.416. The van der Waals surface area contributed by atoms with Crippen LogP contribution in [0.3, 0.4) is 0 Å². The molecule has 1 aliphatic heterocycles. The molecule has 4 aromatic rings. The monoisotopic (exact) mass is 505 g/mol. The molecule has 0 spiro atoms. The van der Waals surface area contributed by atoms with E-state index in [1.807, 2.05) is 41.3 Å². The molecule has 10 heteroatoms. The van der Waals surface area contributed by atoms with E-state index in [1.165, 1.54) is 18.3 Å². The number of ether oxygens (including phenoxy) is 1. The van der Waals surface area contributed by atoms with E-state index >= 15 is 0 Å². The Bertz CT molecular complexity index is 1610. The highest BCUT2D eigenvalue weighted by Crippen LogP contribution is 2.42. The Kier molecular flexibility index (Phi) is 6.01. The Labute approximate surface area is 218 Å². The molecule has 2 aliphatic rings. The van der Waals surface area contributed by atoms with Crippen LogP contribution in [0.1, 0.15) is 29.9 Å². The van der Waals surface area contributed by atoms with Crippen molar-refractivity contribution in [1.82, 2.24) is 20.3 Å². The van der Waals surface area contributed by atoms with Crippen LogP contribution in [0, 0.1) is 11.3 Å². The fourth-order valence-electron chi connectivity index (χ4n) is 4.56. The number of nitrogens with zero attached hydrogens (tertiary/aromatic N) is 5. The molecule has 1 saturated carbocycles. The number of hydrogen-bond donors (Lipinski definition) is 2. The molecular weight excluding hydrogens is 482 g/mol. The number of pyridine rings is 3. The van der Waals surface area contributed by atoms with Gasteiger partial charge in [-0.3, -0.25) is 10.1 Å². The molecule has 3 aromatic heterocycles. The van der Waals surface area contributed by atoms with Crippen molar-refractivity contribution in [2.24, 2.45) is 0 Å². The summed E-state index contributed by atoms with van der Waals surface area (Å²) in [7, 11) is 0. The van der Waals surface area contributed by atoms with Gasteiger partial charge in [-0.15, -0.1) is 0 Å². The number of carbonyl (C=O) groups is 2. The predicted molar refractivity (Wildman–Crippen MR) is 141 cm³/mol. The van der Waals surface area contributed by atoms with Gasteiger partial charge in [-0.25, -0.2) is 19.7 Å². The summed E-state index contributed by atoms with van der Waals surface area (Å²) < 4.78 is 5.27. The van der Waals surface area contributed by atoms with E-state index in [0.717, 1.165) is 40.6 Å². The molecule has 1 aromatic carbocycles. The van der Waals surface area contributed by atoms with Crippen molar-refractivity contribution < 1.29 is 14.3 Å². The third-order valence-corrected chi connectivity index (χ3v) is 6.57. The van der Waals surface area contributed by atoms with E-state index in [9.17, 15) is 9.59 Å². The minimum absolute atomic E-state index is 0.0258. The number of rotatable bonds is 5. The normalized spacial score (nSPS) is 15.0. The van der Waals surface area contributed by atoms with Gasteiger partial charge in [0, 0.05) is 42.5 Å². The van der Waals surface area contributed by atoms with Crippen LogP contribution in [0.2, 0.25) is 0 Å². The Hall–Kier alpha value is -5.04. The molecular formula is C28H23N7O3. The summed E-state index contributed by atoms with van der Waals surface area (Å²) in [5, 5.41) is 16.6. The van der Waals surface area contributed by atoms with Gasteiger partial charge in [0.1, 0.15) is 11.6 Å². The van der Waals surface area contributed by atoms with E-state index in [-0.39, 0.29) is 18.3 Å². The lowest BCUT2D eigenvalue weighted by Gasteiger charge is -2.28. The van der Waals surface area contributed by atoms with Crippen LogP contribution in [0.4, 0.5) is 16.4 Å². The summed E-state index contributed by atoms with van der Waals surface area (Å²) in [5.41, 5.74) is 3.02. The van der Waals surface area contributed by atoms with Crippen molar-refractivity contribution in [3.63, 3.8) is 0 Å². The molecule has 2 fully saturated rings. The van der Waals surface area contributed by atoms with Crippen molar-refractivity contribution in [3.05, 3.63) is 72.1 Å². The number of benzene rings is 1. The van der Waals surface area contributed by atoms with Crippen LogP contribution in [0.5, 0.6) is 5.88 Å². The lowest BCUT2D eigenvalue weighted by Crippen LogP contribution is -2.48. The van der Waals surface area contributed by atoms with Crippen molar-refractivity contribution in [1.29, 1.82) is 5.26 Å². The zero-order valence-corrected chi connectivity index (χ0v) is 20.3. The number of carbonyl (C=O) groups excluding carboxylic acids is 2. The average Bonchev–Trinajstić information content (AvgIpc) is 3.78. The van der Waals surface area contributed by atoms with Gasteiger partial charge in [0.2, 0.25) is 11.8 Å². The van der Waals surface area contributed by atoms with Gasteiger partial charge in [-0.05, 0) is 60.0 Å². The van der Waals surface area contributed by atoms with Gasteiger partial charge in [-0.2, -0.15) is 5.26 Å². The van der Waals surface area contributed by atoms with Gasteiger partial charge in [-0.1, -0.05) is 12.1 Å². The van der Waals surface area contributed by atoms with Gasteiger partial charge in [0.25, 0.3) is 0 Å². The molecule has 0 atom stereocenters. The van der Waals surface area contributed by atoms with Crippen molar-refractivity contribution >= 4 is 34.4 Å². The first-order chi connectivity index (χ1) is 18.6. The second-order valence-electron chi connectivity index (χ2n) is 9.30. The minimum atomic E-state index is -0.743. The van der Waals surface area contributed by atoms with Crippen LogP contribution in [0.15, 0.2) is 60.9 Å². The minimum Gasteiger partial charge on any atom is -0.391 e. The van der Waals surface area contributed by atoms with Crippen LogP contribution in [-0.2, 0) is 4.79 Å². The van der Waals surface area contributed by atoms with Gasteiger partial charge in [0.15, 0.2) is 0 Å². The number of fused-ring (bicyclic) bond motifs is 1. The summed E-state index contributed by atoms with van der Waals surface area (Å²) in [4.78, 5) is 39.9. The zero-order chi connectivity index (χ0) is 26.1. The maximum Gasteiger partial charge on any atom is 0.419 e. The second-order valence-corrected chi connectivity index (χ2v) is 9.30. The van der Waals surface area contributed by atoms with Crippen LogP contribution in [0.25, 0.3) is 22.0 Å². The molecule has 0 unspecified atom stereocenters.